The SMILES string of the molecule is C=CC(c1ccc(C(F)(F)F)cc1)S(=O)(=O)NC(=O)/C=C/c1c(C)nn(C)c1-n1ccc2cc(Cl)ccc21. The average molecular weight is 563 g/mol. The minimum atomic E-state index is -4.57. The summed E-state index contributed by atoms with van der Waals surface area (Å²) in [5, 5.41) is 4.46. The lowest BCUT2D eigenvalue weighted by Gasteiger charge is -2.15. The second kappa shape index (κ2) is 10.1. The van der Waals surface area contributed by atoms with E-state index >= 15 is 0 Å². The Bertz CT molecular complexity index is 1670. The van der Waals surface area contributed by atoms with Gasteiger partial charge in [0.15, 0.2) is 0 Å². The van der Waals surface area contributed by atoms with Crippen LogP contribution in [-0.2, 0) is 28.0 Å². The molecule has 0 aliphatic rings. The smallest absolute Gasteiger partial charge is 0.301 e. The van der Waals surface area contributed by atoms with Gasteiger partial charge in [0.2, 0.25) is 10.0 Å². The normalized spacial score (nSPS) is 13.2. The zero-order chi connectivity index (χ0) is 27.8. The first-order valence-electron chi connectivity index (χ1n) is 11.2. The molecule has 12 heteroatoms. The summed E-state index contributed by atoms with van der Waals surface area (Å²) >= 11 is 6.09. The zero-order valence-corrected chi connectivity index (χ0v) is 21.8. The number of sulfonamides is 1. The predicted octanol–water partition coefficient (Wildman–Crippen LogP) is 5.73. The van der Waals surface area contributed by atoms with Gasteiger partial charge in [-0.3, -0.25) is 9.48 Å². The fraction of sp³-hybridized carbons (Fsp3) is 0.154. The van der Waals surface area contributed by atoms with Gasteiger partial charge in [0.25, 0.3) is 5.91 Å². The number of fused-ring (bicyclic) bond motifs is 1. The van der Waals surface area contributed by atoms with Crippen LogP contribution in [0.1, 0.15) is 27.6 Å². The Morgan fingerprint density at radius 1 is 1.16 bits per heavy atom. The Morgan fingerprint density at radius 3 is 2.47 bits per heavy atom. The van der Waals surface area contributed by atoms with Crippen LogP contribution in [0.2, 0.25) is 5.02 Å². The molecule has 7 nitrogen and oxygen atoms in total. The number of hydrogen-bond donors (Lipinski definition) is 1. The van der Waals surface area contributed by atoms with Gasteiger partial charge in [0.05, 0.1) is 16.8 Å². The van der Waals surface area contributed by atoms with Crippen LogP contribution in [0.5, 0.6) is 0 Å². The number of alkyl halides is 3. The van der Waals surface area contributed by atoms with Crippen molar-refractivity contribution in [3.05, 3.63) is 101 Å². The van der Waals surface area contributed by atoms with Crippen molar-refractivity contribution in [3.63, 3.8) is 0 Å². The van der Waals surface area contributed by atoms with Crippen molar-refractivity contribution in [2.45, 2.75) is 18.3 Å². The molecule has 0 saturated carbocycles. The van der Waals surface area contributed by atoms with Gasteiger partial charge in [-0.05, 0) is 55.0 Å². The largest absolute Gasteiger partial charge is 0.416 e. The fourth-order valence-electron chi connectivity index (χ4n) is 4.14. The van der Waals surface area contributed by atoms with E-state index in [2.05, 4.69) is 11.7 Å². The summed E-state index contributed by atoms with van der Waals surface area (Å²) < 4.78 is 69.8. The predicted molar refractivity (Wildman–Crippen MR) is 140 cm³/mol. The highest BCUT2D eigenvalue weighted by Gasteiger charge is 2.31. The molecule has 2 aromatic heterocycles. The molecule has 1 atom stereocenters. The van der Waals surface area contributed by atoms with Crippen molar-refractivity contribution in [2.24, 2.45) is 7.05 Å². The Kier molecular flexibility index (Phi) is 7.26. The van der Waals surface area contributed by atoms with Crippen LogP contribution in [0, 0.1) is 6.92 Å². The van der Waals surface area contributed by atoms with Crippen molar-refractivity contribution in [1.29, 1.82) is 0 Å². The molecular weight excluding hydrogens is 541 g/mol. The Morgan fingerprint density at radius 2 is 1.84 bits per heavy atom. The van der Waals surface area contributed by atoms with E-state index in [9.17, 15) is 26.4 Å². The average Bonchev–Trinajstić information content (AvgIpc) is 3.35. The van der Waals surface area contributed by atoms with Crippen LogP contribution in [0.15, 0.2) is 73.5 Å². The number of halogens is 4. The highest BCUT2D eigenvalue weighted by molar-refractivity contribution is 7.90. The summed E-state index contributed by atoms with van der Waals surface area (Å²) in [4.78, 5) is 12.6. The highest BCUT2D eigenvalue weighted by atomic mass is 35.5. The van der Waals surface area contributed by atoms with Gasteiger partial charge in [-0.2, -0.15) is 18.3 Å². The molecule has 0 spiro atoms. The van der Waals surface area contributed by atoms with Crippen molar-refractivity contribution >= 4 is 44.5 Å². The van der Waals surface area contributed by atoms with Crippen molar-refractivity contribution < 1.29 is 26.4 Å². The van der Waals surface area contributed by atoms with Gasteiger partial charge >= 0.3 is 6.18 Å². The molecule has 0 bridgehead atoms. The second-order valence-electron chi connectivity index (χ2n) is 8.46. The topological polar surface area (TPSA) is 86.0 Å². The van der Waals surface area contributed by atoms with E-state index in [1.165, 1.54) is 6.08 Å². The second-order valence-corrected chi connectivity index (χ2v) is 10.7. The number of carbonyl (C=O) groups is 1. The molecule has 0 fully saturated rings. The number of carbonyl (C=O) groups excluding carboxylic acids is 1. The molecule has 2 aromatic carbocycles. The molecule has 4 rings (SSSR count). The van der Waals surface area contributed by atoms with E-state index in [0.29, 0.717) is 22.1 Å². The van der Waals surface area contributed by atoms with Gasteiger partial charge in [-0.25, -0.2) is 13.1 Å². The van der Waals surface area contributed by atoms with Crippen LogP contribution in [0.25, 0.3) is 22.8 Å². The molecular formula is C26H22ClF3N4O3S. The third-order valence-corrected chi connectivity index (χ3v) is 7.73. The van der Waals surface area contributed by atoms with Crippen molar-refractivity contribution in [1.82, 2.24) is 19.1 Å². The maximum atomic E-state index is 12.9. The van der Waals surface area contributed by atoms with Gasteiger partial charge in [-0.15, -0.1) is 6.58 Å². The standard InChI is InChI=1S/C26H22ClF3N4O3S/c1-4-23(17-5-7-19(8-6-17)26(28,29)30)38(36,37)32-24(35)12-10-21-16(2)31-33(3)25(21)34-14-13-18-15-20(27)9-11-22(18)34/h4-15,23H,1H2,2-3H3,(H,32,35)/b12-10+. The molecule has 198 valence electrons. The third-order valence-electron chi connectivity index (χ3n) is 5.88. The Balaban J connectivity index is 1.59. The van der Waals surface area contributed by atoms with Crippen molar-refractivity contribution in [2.75, 3.05) is 0 Å². The first-order valence-corrected chi connectivity index (χ1v) is 13.1. The van der Waals surface area contributed by atoms with Gasteiger partial charge in [0, 0.05) is 35.3 Å². The minimum Gasteiger partial charge on any atom is -0.301 e. The summed E-state index contributed by atoms with van der Waals surface area (Å²) in [6.07, 6.45) is 0.807. The van der Waals surface area contributed by atoms with E-state index in [0.717, 1.165) is 47.3 Å². The van der Waals surface area contributed by atoms with Crippen LogP contribution in [0.3, 0.4) is 0 Å². The number of amides is 1. The van der Waals surface area contributed by atoms with Crippen molar-refractivity contribution in [3.8, 4) is 5.82 Å². The summed E-state index contributed by atoms with van der Waals surface area (Å²) in [7, 11) is -2.62. The maximum absolute atomic E-state index is 12.9. The molecule has 0 aliphatic carbocycles. The Labute approximate surface area is 221 Å². The lowest BCUT2D eigenvalue weighted by Crippen LogP contribution is -2.32. The number of nitrogens with one attached hydrogen (secondary N) is 1. The quantitative estimate of drug-likeness (QED) is 0.230. The highest BCUT2D eigenvalue weighted by Crippen LogP contribution is 2.32. The van der Waals surface area contributed by atoms with Crippen LogP contribution in [0.4, 0.5) is 13.2 Å². The van der Waals surface area contributed by atoms with Gasteiger partial charge < -0.3 is 4.57 Å². The van der Waals surface area contributed by atoms with E-state index < -0.39 is 32.9 Å². The molecule has 0 aliphatic heterocycles. The molecule has 38 heavy (non-hydrogen) atoms. The third kappa shape index (κ3) is 5.39. The minimum absolute atomic E-state index is 0.0299. The van der Waals surface area contributed by atoms with E-state index in [1.807, 2.05) is 33.7 Å². The molecule has 1 N–H and O–H groups in total. The molecule has 4 aromatic rings. The number of benzene rings is 2. The number of aromatic nitrogens is 3. The first kappa shape index (κ1) is 27.2. The van der Waals surface area contributed by atoms with E-state index in [1.54, 1.807) is 24.7 Å². The number of nitrogens with zero attached hydrogens (tertiary/aromatic N) is 3. The Hall–Kier alpha value is -3.83. The summed E-state index contributed by atoms with van der Waals surface area (Å²) in [6, 6.07) is 10.9. The van der Waals surface area contributed by atoms with E-state index in [4.69, 9.17) is 11.6 Å². The fourth-order valence-corrected chi connectivity index (χ4v) is 5.57. The molecule has 1 unspecified atom stereocenters. The van der Waals surface area contributed by atoms with Crippen LogP contribution >= 0.6 is 11.6 Å². The van der Waals surface area contributed by atoms with E-state index in [-0.39, 0.29) is 5.56 Å². The summed E-state index contributed by atoms with van der Waals surface area (Å²) in [6.45, 7) is 5.22. The first-order chi connectivity index (χ1) is 17.8. The monoisotopic (exact) mass is 562 g/mol. The molecule has 1 amide bonds. The van der Waals surface area contributed by atoms with Crippen LogP contribution in [-0.4, -0.2) is 28.7 Å². The number of aryl methyl sites for hydroxylation is 2. The summed E-state index contributed by atoms with van der Waals surface area (Å²) in [5.41, 5.74) is 1.13. The maximum Gasteiger partial charge on any atom is 0.416 e. The number of hydrogen-bond acceptors (Lipinski definition) is 4. The molecule has 2 heterocycles. The molecule has 0 radical (unpaired) electrons. The molecule has 0 saturated heterocycles. The zero-order valence-electron chi connectivity index (χ0n) is 20.2. The number of rotatable bonds is 7. The lowest BCUT2D eigenvalue weighted by atomic mass is 10.1. The lowest BCUT2D eigenvalue weighted by molar-refractivity contribution is -0.137. The van der Waals surface area contributed by atoms with Crippen LogP contribution < -0.4 is 4.72 Å². The van der Waals surface area contributed by atoms with Gasteiger partial charge in [0.1, 0.15) is 11.1 Å². The summed E-state index contributed by atoms with van der Waals surface area (Å²) in [5.74, 6) is -0.303. The van der Waals surface area contributed by atoms with Gasteiger partial charge in [-0.1, -0.05) is 29.8 Å².